The molecule has 28 heavy (non-hydrogen) atoms. The van der Waals surface area contributed by atoms with Crippen molar-refractivity contribution in [2.45, 2.75) is 51.0 Å². The maximum absolute atomic E-state index is 13.3. The van der Waals surface area contributed by atoms with Crippen LogP contribution in [0.4, 0.5) is 10.1 Å². The molecular formula is C20H24FNO6. The van der Waals surface area contributed by atoms with Crippen molar-refractivity contribution in [2.75, 3.05) is 0 Å². The van der Waals surface area contributed by atoms with Crippen molar-refractivity contribution < 1.29 is 29.1 Å². The monoisotopic (exact) mass is 393 g/mol. The van der Waals surface area contributed by atoms with Crippen LogP contribution in [-0.4, -0.2) is 33.0 Å². The number of hydrogen-bond acceptors (Lipinski definition) is 5. The van der Waals surface area contributed by atoms with E-state index < -0.39 is 28.7 Å². The lowest BCUT2D eigenvalue weighted by Gasteiger charge is -2.17. The van der Waals surface area contributed by atoms with Crippen molar-refractivity contribution in [2.24, 2.45) is 11.8 Å². The molecule has 3 atom stereocenters. The van der Waals surface area contributed by atoms with Gasteiger partial charge in [0.1, 0.15) is 11.6 Å². The molecule has 1 aliphatic rings. The van der Waals surface area contributed by atoms with Crippen LogP contribution in [0.1, 0.15) is 50.5 Å². The zero-order valence-corrected chi connectivity index (χ0v) is 15.4. The number of aliphatic hydroxyl groups excluding tert-OH is 1. The van der Waals surface area contributed by atoms with E-state index in [9.17, 15) is 29.2 Å². The summed E-state index contributed by atoms with van der Waals surface area (Å²) < 4.78 is 13.3. The number of rotatable bonds is 10. The number of unbranched alkanes of at least 4 members (excludes halogenated alkanes) is 3. The van der Waals surface area contributed by atoms with Crippen molar-refractivity contribution in [1.82, 2.24) is 0 Å². The van der Waals surface area contributed by atoms with Gasteiger partial charge in [0, 0.05) is 24.7 Å². The number of carboxylic acids is 1. The molecule has 3 unspecified atom stereocenters. The molecule has 1 aliphatic carbocycles. The van der Waals surface area contributed by atoms with Gasteiger partial charge < -0.3 is 10.2 Å². The van der Waals surface area contributed by atoms with Gasteiger partial charge in [0.05, 0.1) is 22.7 Å². The van der Waals surface area contributed by atoms with E-state index >= 15 is 0 Å². The third-order valence-corrected chi connectivity index (χ3v) is 5.08. The van der Waals surface area contributed by atoms with Gasteiger partial charge >= 0.3 is 5.97 Å². The second-order valence-corrected chi connectivity index (χ2v) is 7.09. The van der Waals surface area contributed by atoms with Gasteiger partial charge in [-0.25, -0.2) is 4.39 Å². The zero-order chi connectivity index (χ0) is 20.7. The predicted molar refractivity (Wildman–Crippen MR) is 100 cm³/mol. The van der Waals surface area contributed by atoms with Crippen molar-refractivity contribution >= 4 is 23.5 Å². The van der Waals surface area contributed by atoms with Crippen LogP contribution in [0.15, 0.2) is 24.3 Å². The van der Waals surface area contributed by atoms with Crippen LogP contribution >= 0.6 is 0 Å². The standard InChI is InChI=1S/C20H24FNO6/c21-14-9-7-13(17(11-14)22(27)28)8-10-16-15(18(23)12-19(16)24)5-3-1-2-4-6-20(25)26/h7-11,15-16,19,24H,1-6,12H2,(H,25,26)/b10-8+. The molecule has 2 rings (SSSR count). The number of halogens is 1. The predicted octanol–water partition coefficient (Wildman–Crippen LogP) is 3.74. The Hall–Kier alpha value is -2.61. The van der Waals surface area contributed by atoms with Crippen LogP contribution in [-0.2, 0) is 9.59 Å². The van der Waals surface area contributed by atoms with Gasteiger partial charge in [-0.3, -0.25) is 19.7 Å². The number of carbonyl (C=O) groups is 2. The highest BCUT2D eigenvalue weighted by molar-refractivity contribution is 5.85. The fourth-order valence-electron chi connectivity index (χ4n) is 3.62. The minimum atomic E-state index is -0.847. The second kappa shape index (κ2) is 10.1. The first-order valence-electron chi connectivity index (χ1n) is 9.34. The third kappa shape index (κ3) is 5.95. The minimum absolute atomic E-state index is 0.0405. The molecule has 0 saturated heterocycles. The zero-order valence-electron chi connectivity index (χ0n) is 15.4. The lowest BCUT2D eigenvalue weighted by Crippen LogP contribution is -2.18. The molecule has 1 saturated carbocycles. The number of hydrogen-bond donors (Lipinski definition) is 2. The van der Waals surface area contributed by atoms with Crippen molar-refractivity contribution in [3.8, 4) is 0 Å². The van der Waals surface area contributed by atoms with E-state index in [0.29, 0.717) is 12.8 Å². The highest BCUT2D eigenvalue weighted by Crippen LogP contribution is 2.35. The summed E-state index contributed by atoms with van der Waals surface area (Å²) in [6, 6.07) is 3.26. The molecule has 1 aromatic carbocycles. The Morgan fingerprint density at radius 1 is 1.29 bits per heavy atom. The number of aliphatic carboxylic acids is 1. The van der Waals surface area contributed by atoms with E-state index in [2.05, 4.69) is 0 Å². The number of nitro groups is 1. The second-order valence-electron chi connectivity index (χ2n) is 7.09. The molecule has 7 nitrogen and oxygen atoms in total. The van der Waals surface area contributed by atoms with Crippen LogP contribution in [0.3, 0.4) is 0 Å². The summed E-state index contributed by atoms with van der Waals surface area (Å²) in [5.41, 5.74) is -0.157. The number of nitro benzene ring substituents is 1. The van der Waals surface area contributed by atoms with E-state index in [1.165, 1.54) is 12.1 Å². The minimum Gasteiger partial charge on any atom is -0.481 e. The largest absolute Gasteiger partial charge is 0.481 e. The van der Waals surface area contributed by atoms with Crippen molar-refractivity contribution in [3.63, 3.8) is 0 Å². The van der Waals surface area contributed by atoms with Crippen molar-refractivity contribution in [1.29, 1.82) is 0 Å². The molecule has 0 aromatic heterocycles. The molecule has 1 aromatic rings. The fourth-order valence-corrected chi connectivity index (χ4v) is 3.62. The molecule has 8 heteroatoms. The lowest BCUT2D eigenvalue weighted by atomic mass is 9.88. The van der Waals surface area contributed by atoms with E-state index in [-0.39, 0.29) is 35.8 Å². The lowest BCUT2D eigenvalue weighted by molar-refractivity contribution is -0.385. The van der Waals surface area contributed by atoms with Gasteiger partial charge in [-0.1, -0.05) is 31.4 Å². The SMILES string of the molecule is O=C(O)CCCCCCC1C(=O)CC(O)C1/C=C/c1ccc(F)cc1[N+](=O)[O-]. The Bertz CT molecular complexity index is 763. The molecule has 0 radical (unpaired) electrons. The van der Waals surface area contributed by atoms with Crippen LogP contribution in [0.2, 0.25) is 0 Å². The summed E-state index contributed by atoms with van der Waals surface area (Å²) in [7, 11) is 0. The number of ketones is 1. The Labute approximate surface area is 162 Å². The Morgan fingerprint density at radius 2 is 2.00 bits per heavy atom. The summed E-state index contributed by atoms with van der Waals surface area (Å²) in [5.74, 6) is -2.39. The van der Waals surface area contributed by atoms with Gasteiger partial charge in [-0.05, 0) is 25.0 Å². The van der Waals surface area contributed by atoms with E-state index in [0.717, 1.165) is 31.4 Å². The normalized spacial score (nSPS) is 22.1. The number of carboxylic acid groups (broad SMARTS) is 1. The average Bonchev–Trinajstić information content (AvgIpc) is 2.89. The van der Waals surface area contributed by atoms with Crippen LogP contribution in [0.5, 0.6) is 0 Å². The fraction of sp³-hybridized carbons (Fsp3) is 0.500. The first-order chi connectivity index (χ1) is 13.3. The number of aliphatic hydroxyl groups is 1. The van der Waals surface area contributed by atoms with Gasteiger partial charge in [0.15, 0.2) is 0 Å². The quantitative estimate of drug-likeness (QED) is 0.355. The summed E-state index contributed by atoms with van der Waals surface area (Å²) in [6.07, 6.45) is 5.86. The molecule has 1 fully saturated rings. The number of nitrogens with zero attached hydrogens (tertiary/aromatic N) is 1. The maximum Gasteiger partial charge on any atom is 0.303 e. The Kier molecular flexibility index (Phi) is 7.80. The summed E-state index contributed by atoms with van der Waals surface area (Å²) in [5, 5.41) is 29.9. The van der Waals surface area contributed by atoms with Crippen LogP contribution in [0, 0.1) is 27.8 Å². The van der Waals surface area contributed by atoms with Crippen molar-refractivity contribution in [3.05, 3.63) is 45.8 Å². The molecular weight excluding hydrogens is 369 g/mol. The summed E-state index contributed by atoms with van der Waals surface area (Å²) in [4.78, 5) is 33.1. The number of benzene rings is 1. The van der Waals surface area contributed by atoms with Gasteiger partial charge in [-0.15, -0.1) is 0 Å². The molecule has 0 amide bonds. The highest BCUT2D eigenvalue weighted by atomic mass is 19.1. The third-order valence-electron chi connectivity index (χ3n) is 5.08. The maximum atomic E-state index is 13.3. The molecule has 152 valence electrons. The molecule has 0 heterocycles. The molecule has 0 aliphatic heterocycles. The average molecular weight is 393 g/mol. The first-order valence-corrected chi connectivity index (χ1v) is 9.34. The van der Waals surface area contributed by atoms with E-state index in [1.54, 1.807) is 6.08 Å². The molecule has 0 spiro atoms. The smallest absolute Gasteiger partial charge is 0.303 e. The van der Waals surface area contributed by atoms with Crippen LogP contribution < -0.4 is 0 Å². The Morgan fingerprint density at radius 3 is 2.68 bits per heavy atom. The van der Waals surface area contributed by atoms with E-state index in [1.807, 2.05) is 0 Å². The highest BCUT2D eigenvalue weighted by Gasteiger charge is 2.39. The molecule has 0 bridgehead atoms. The topological polar surface area (TPSA) is 118 Å². The summed E-state index contributed by atoms with van der Waals surface area (Å²) >= 11 is 0. The molecule has 2 N–H and O–H groups in total. The van der Waals surface area contributed by atoms with Crippen LogP contribution in [0.25, 0.3) is 6.08 Å². The first kappa shape index (κ1) is 21.7. The van der Waals surface area contributed by atoms with Gasteiger partial charge in [0.2, 0.25) is 0 Å². The summed E-state index contributed by atoms with van der Waals surface area (Å²) in [6.45, 7) is 0. The number of carbonyl (C=O) groups excluding carboxylic acids is 1. The Balaban J connectivity index is 2.00. The van der Waals surface area contributed by atoms with E-state index in [4.69, 9.17) is 5.11 Å². The van der Waals surface area contributed by atoms with Gasteiger partial charge in [0.25, 0.3) is 5.69 Å². The number of Topliss-reactive ketones (excluding diaryl/α,β-unsaturated/α-hetero) is 1. The van der Waals surface area contributed by atoms with Gasteiger partial charge in [-0.2, -0.15) is 0 Å².